The van der Waals surface area contributed by atoms with Crippen molar-refractivity contribution in [3.63, 3.8) is 0 Å². The van der Waals surface area contributed by atoms with Crippen LogP contribution in [0.15, 0.2) is 24.5 Å². The molecule has 1 amide bonds. The van der Waals surface area contributed by atoms with E-state index in [0.29, 0.717) is 25.9 Å². The number of nitrogens with one attached hydrogen (secondary N) is 1. The molecule has 0 aromatic carbocycles. The molecule has 1 aromatic rings. The highest BCUT2D eigenvalue weighted by Crippen LogP contribution is 2.20. The second kappa shape index (κ2) is 6.53. The zero-order chi connectivity index (χ0) is 15.5. The van der Waals surface area contributed by atoms with Crippen LogP contribution in [0.5, 0.6) is 0 Å². The Morgan fingerprint density at radius 3 is 2.62 bits per heavy atom. The maximum Gasteiger partial charge on any atom is 0.223 e. The third kappa shape index (κ3) is 4.25. The number of nitrogens with zero attached hydrogens (tertiary/aromatic N) is 2. The van der Waals surface area contributed by atoms with Gasteiger partial charge >= 0.3 is 0 Å². The third-order valence-electron chi connectivity index (χ3n) is 3.84. The molecule has 1 atom stereocenters. The predicted octanol–water partition coefficient (Wildman–Crippen LogP) is 0.930. The summed E-state index contributed by atoms with van der Waals surface area (Å²) in [5, 5.41) is 2.97. The maximum absolute atomic E-state index is 12.2. The zero-order valence-corrected chi connectivity index (χ0v) is 13.1. The van der Waals surface area contributed by atoms with Gasteiger partial charge < -0.3 is 5.32 Å². The molecule has 1 aromatic heterocycles. The molecule has 1 unspecified atom stereocenters. The second-order valence-corrected chi connectivity index (χ2v) is 7.44. The molecule has 0 bridgehead atoms. The van der Waals surface area contributed by atoms with Crippen molar-refractivity contribution in [2.45, 2.75) is 25.8 Å². The smallest absolute Gasteiger partial charge is 0.223 e. The maximum atomic E-state index is 12.2. The summed E-state index contributed by atoms with van der Waals surface area (Å²) in [5.41, 5.74) is 0.958. The van der Waals surface area contributed by atoms with Crippen molar-refractivity contribution in [1.82, 2.24) is 14.6 Å². The first-order valence-electron chi connectivity index (χ1n) is 7.03. The number of hydrogen-bond acceptors (Lipinski definition) is 4. The number of pyridine rings is 1. The van der Waals surface area contributed by atoms with Crippen molar-refractivity contribution in [2.75, 3.05) is 19.3 Å². The number of carbonyl (C=O) groups is 1. The van der Waals surface area contributed by atoms with E-state index in [9.17, 15) is 13.2 Å². The van der Waals surface area contributed by atoms with Gasteiger partial charge in [0.1, 0.15) is 0 Å². The van der Waals surface area contributed by atoms with Crippen molar-refractivity contribution < 1.29 is 13.2 Å². The Balaban J connectivity index is 1.88. The summed E-state index contributed by atoms with van der Waals surface area (Å²) < 4.78 is 24.3. The molecular weight excluding hydrogens is 290 g/mol. The van der Waals surface area contributed by atoms with Crippen LogP contribution in [0.4, 0.5) is 0 Å². The van der Waals surface area contributed by atoms with Crippen molar-refractivity contribution in [3.05, 3.63) is 30.1 Å². The monoisotopic (exact) mass is 311 g/mol. The van der Waals surface area contributed by atoms with Crippen LogP contribution in [0.1, 0.15) is 31.4 Å². The van der Waals surface area contributed by atoms with Crippen LogP contribution in [0.2, 0.25) is 0 Å². The van der Waals surface area contributed by atoms with Crippen molar-refractivity contribution >= 4 is 15.9 Å². The molecule has 0 saturated carbocycles. The molecule has 0 aliphatic carbocycles. The number of amides is 1. The van der Waals surface area contributed by atoms with Crippen molar-refractivity contribution in [1.29, 1.82) is 0 Å². The largest absolute Gasteiger partial charge is 0.349 e. The summed E-state index contributed by atoms with van der Waals surface area (Å²) in [6.07, 6.45) is 5.77. The second-order valence-electron chi connectivity index (χ2n) is 5.45. The van der Waals surface area contributed by atoms with Gasteiger partial charge in [-0.1, -0.05) is 6.07 Å². The Morgan fingerprint density at radius 2 is 2.10 bits per heavy atom. The summed E-state index contributed by atoms with van der Waals surface area (Å²) in [7, 11) is -3.15. The van der Waals surface area contributed by atoms with Gasteiger partial charge in [-0.15, -0.1) is 0 Å². The predicted molar refractivity (Wildman–Crippen MR) is 79.9 cm³/mol. The van der Waals surface area contributed by atoms with Gasteiger partial charge in [0.2, 0.25) is 15.9 Å². The van der Waals surface area contributed by atoms with E-state index < -0.39 is 10.0 Å². The van der Waals surface area contributed by atoms with Crippen LogP contribution in [-0.2, 0) is 14.8 Å². The third-order valence-corrected chi connectivity index (χ3v) is 5.14. The number of sulfonamides is 1. The highest BCUT2D eigenvalue weighted by molar-refractivity contribution is 7.88. The average Bonchev–Trinajstić information content (AvgIpc) is 2.47. The SMILES string of the molecule is CC(NC(=O)C1CCN(S(C)(=O)=O)CC1)c1cccnc1. The minimum Gasteiger partial charge on any atom is -0.349 e. The van der Waals surface area contributed by atoms with Gasteiger partial charge in [-0.05, 0) is 31.4 Å². The van der Waals surface area contributed by atoms with Gasteiger partial charge in [0.15, 0.2) is 0 Å². The first-order valence-corrected chi connectivity index (χ1v) is 8.88. The summed E-state index contributed by atoms with van der Waals surface area (Å²) in [6, 6.07) is 3.66. The number of hydrogen-bond donors (Lipinski definition) is 1. The van der Waals surface area contributed by atoms with E-state index in [4.69, 9.17) is 0 Å². The van der Waals surface area contributed by atoms with Gasteiger partial charge in [0.25, 0.3) is 0 Å². The molecule has 2 rings (SSSR count). The van der Waals surface area contributed by atoms with E-state index in [2.05, 4.69) is 10.3 Å². The number of rotatable bonds is 4. The normalized spacial score (nSPS) is 19.1. The highest BCUT2D eigenvalue weighted by atomic mass is 32.2. The molecule has 6 nitrogen and oxygen atoms in total. The molecule has 1 aliphatic heterocycles. The van der Waals surface area contributed by atoms with Crippen LogP contribution >= 0.6 is 0 Å². The quantitative estimate of drug-likeness (QED) is 0.897. The fourth-order valence-electron chi connectivity index (χ4n) is 2.50. The number of piperidine rings is 1. The molecule has 2 heterocycles. The lowest BCUT2D eigenvalue weighted by Gasteiger charge is -2.30. The van der Waals surface area contributed by atoms with Crippen LogP contribution in [0.3, 0.4) is 0 Å². The molecule has 1 saturated heterocycles. The fourth-order valence-corrected chi connectivity index (χ4v) is 3.37. The molecule has 7 heteroatoms. The molecule has 0 radical (unpaired) electrons. The highest BCUT2D eigenvalue weighted by Gasteiger charge is 2.29. The molecule has 1 aliphatic rings. The van der Waals surface area contributed by atoms with E-state index in [1.54, 1.807) is 12.4 Å². The summed E-state index contributed by atoms with van der Waals surface area (Å²) in [6.45, 7) is 2.75. The van der Waals surface area contributed by atoms with Gasteiger partial charge in [0.05, 0.1) is 12.3 Å². The lowest BCUT2D eigenvalue weighted by Crippen LogP contribution is -2.43. The fraction of sp³-hybridized carbons (Fsp3) is 0.571. The average molecular weight is 311 g/mol. The lowest BCUT2D eigenvalue weighted by atomic mass is 9.96. The Bertz CT molecular complexity index is 581. The van der Waals surface area contributed by atoms with E-state index in [0.717, 1.165) is 5.56 Å². The molecule has 1 fully saturated rings. The first-order chi connectivity index (χ1) is 9.88. The summed E-state index contributed by atoms with van der Waals surface area (Å²) in [5.74, 6) is -0.137. The van der Waals surface area contributed by atoms with Crippen LogP contribution in [-0.4, -0.2) is 43.0 Å². The summed E-state index contributed by atoms with van der Waals surface area (Å²) in [4.78, 5) is 16.3. The van der Waals surface area contributed by atoms with E-state index in [-0.39, 0.29) is 17.9 Å². The Labute approximate surface area is 125 Å². The molecule has 21 heavy (non-hydrogen) atoms. The lowest BCUT2D eigenvalue weighted by molar-refractivity contribution is -0.126. The van der Waals surface area contributed by atoms with Gasteiger partial charge in [-0.3, -0.25) is 9.78 Å². The first kappa shape index (κ1) is 15.9. The van der Waals surface area contributed by atoms with E-state index in [1.807, 2.05) is 19.1 Å². The van der Waals surface area contributed by atoms with Crippen molar-refractivity contribution in [2.24, 2.45) is 5.92 Å². The number of carbonyl (C=O) groups excluding carboxylic acids is 1. The molecule has 0 spiro atoms. The van der Waals surface area contributed by atoms with Gasteiger partial charge in [0, 0.05) is 31.4 Å². The molecule has 116 valence electrons. The topological polar surface area (TPSA) is 79.4 Å². The molecule has 1 N–H and O–H groups in total. The van der Waals surface area contributed by atoms with Crippen LogP contribution in [0.25, 0.3) is 0 Å². The Kier molecular flexibility index (Phi) is 4.95. The van der Waals surface area contributed by atoms with Crippen LogP contribution < -0.4 is 5.32 Å². The van der Waals surface area contributed by atoms with Crippen molar-refractivity contribution in [3.8, 4) is 0 Å². The zero-order valence-electron chi connectivity index (χ0n) is 12.3. The van der Waals surface area contributed by atoms with Gasteiger partial charge in [-0.2, -0.15) is 0 Å². The number of aromatic nitrogens is 1. The molecular formula is C14H21N3O3S. The van der Waals surface area contributed by atoms with Crippen LogP contribution in [0, 0.1) is 5.92 Å². The minimum atomic E-state index is -3.15. The summed E-state index contributed by atoms with van der Waals surface area (Å²) >= 11 is 0. The Hall–Kier alpha value is -1.47. The Morgan fingerprint density at radius 1 is 1.43 bits per heavy atom. The standard InChI is InChI=1S/C14H21N3O3S/c1-11(13-4-3-7-15-10-13)16-14(18)12-5-8-17(9-6-12)21(2,19)20/h3-4,7,10-12H,5-6,8-9H2,1-2H3,(H,16,18). The van der Waals surface area contributed by atoms with Gasteiger partial charge in [-0.25, -0.2) is 12.7 Å². The van der Waals surface area contributed by atoms with E-state index >= 15 is 0 Å². The minimum absolute atomic E-state index is 0.0143. The van der Waals surface area contributed by atoms with E-state index in [1.165, 1.54) is 10.6 Å².